The van der Waals surface area contributed by atoms with Crippen molar-refractivity contribution in [1.29, 1.82) is 0 Å². The van der Waals surface area contributed by atoms with Crippen molar-refractivity contribution < 1.29 is 4.79 Å². The molecule has 58 valence electrons. The molecular weight excluding hydrogens is 126 g/mol. The van der Waals surface area contributed by atoms with Crippen molar-refractivity contribution in [2.24, 2.45) is 0 Å². The standard InChI is InChI=1S/C8H15NO/c1-7-5-3-4-6-9(7)8(2)10/h7H,3-6H2,1-2H3. The lowest BCUT2D eigenvalue weighted by Crippen LogP contribution is -2.40. The summed E-state index contributed by atoms with van der Waals surface area (Å²) in [6.45, 7) is 4.75. The highest BCUT2D eigenvalue weighted by atomic mass is 16.2. The number of rotatable bonds is 0. The van der Waals surface area contributed by atoms with Crippen LogP contribution in [0.15, 0.2) is 0 Å². The minimum atomic E-state index is 0.229. The quantitative estimate of drug-likeness (QED) is 0.499. The van der Waals surface area contributed by atoms with Gasteiger partial charge in [-0.2, -0.15) is 0 Å². The number of likely N-dealkylation sites (tertiary alicyclic amines) is 1. The van der Waals surface area contributed by atoms with Crippen molar-refractivity contribution in [3.8, 4) is 0 Å². The normalized spacial score (nSPS) is 26.6. The number of amides is 1. The number of hydrogen-bond donors (Lipinski definition) is 0. The molecule has 0 radical (unpaired) electrons. The molecule has 0 bridgehead atoms. The molecule has 1 fully saturated rings. The zero-order valence-corrected chi connectivity index (χ0v) is 6.76. The molecule has 0 aromatic rings. The third-order valence-electron chi connectivity index (χ3n) is 2.21. The predicted octanol–water partition coefficient (Wildman–Crippen LogP) is 1.41. The van der Waals surface area contributed by atoms with E-state index in [1.54, 1.807) is 6.92 Å². The molecular formula is C8H15NO. The first-order valence-corrected chi connectivity index (χ1v) is 3.99. The van der Waals surface area contributed by atoms with Gasteiger partial charge in [0.25, 0.3) is 0 Å². The minimum Gasteiger partial charge on any atom is -0.340 e. The lowest BCUT2D eigenvalue weighted by atomic mass is 10.0. The van der Waals surface area contributed by atoms with Gasteiger partial charge in [-0.1, -0.05) is 0 Å². The summed E-state index contributed by atoms with van der Waals surface area (Å²) in [7, 11) is 0. The van der Waals surface area contributed by atoms with Crippen molar-refractivity contribution in [1.82, 2.24) is 4.90 Å². The molecule has 0 saturated carbocycles. The van der Waals surface area contributed by atoms with Crippen LogP contribution in [0.5, 0.6) is 0 Å². The smallest absolute Gasteiger partial charge is 0.219 e. The molecule has 1 amide bonds. The van der Waals surface area contributed by atoms with E-state index in [-0.39, 0.29) is 5.91 Å². The molecule has 1 unspecified atom stereocenters. The van der Waals surface area contributed by atoms with Gasteiger partial charge in [0, 0.05) is 19.5 Å². The van der Waals surface area contributed by atoms with Gasteiger partial charge in [-0.05, 0) is 26.2 Å². The number of nitrogens with zero attached hydrogens (tertiary/aromatic N) is 1. The Balaban J connectivity index is 2.47. The van der Waals surface area contributed by atoms with Gasteiger partial charge in [-0.15, -0.1) is 0 Å². The Labute approximate surface area is 62.2 Å². The number of hydrogen-bond acceptors (Lipinski definition) is 1. The zero-order chi connectivity index (χ0) is 7.56. The first-order valence-electron chi connectivity index (χ1n) is 3.99. The average molecular weight is 141 g/mol. The van der Waals surface area contributed by atoms with Crippen LogP contribution >= 0.6 is 0 Å². The van der Waals surface area contributed by atoms with Gasteiger partial charge in [0.15, 0.2) is 0 Å². The number of carbonyl (C=O) groups excluding carboxylic acids is 1. The summed E-state index contributed by atoms with van der Waals surface area (Å²) in [6.07, 6.45) is 3.65. The highest BCUT2D eigenvalue weighted by molar-refractivity contribution is 5.73. The maximum atomic E-state index is 10.9. The van der Waals surface area contributed by atoms with Gasteiger partial charge < -0.3 is 4.90 Å². The largest absolute Gasteiger partial charge is 0.340 e. The molecule has 1 atom stereocenters. The van der Waals surface area contributed by atoms with Crippen molar-refractivity contribution in [3.05, 3.63) is 0 Å². The van der Waals surface area contributed by atoms with E-state index in [0.717, 1.165) is 6.54 Å². The van der Waals surface area contributed by atoms with E-state index in [1.165, 1.54) is 19.3 Å². The molecule has 1 saturated heterocycles. The number of carbonyl (C=O) groups is 1. The van der Waals surface area contributed by atoms with Crippen LogP contribution in [0.25, 0.3) is 0 Å². The predicted molar refractivity (Wildman–Crippen MR) is 40.7 cm³/mol. The van der Waals surface area contributed by atoms with Crippen LogP contribution in [0.4, 0.5) is 0 Å². The summed E-state index contributed by atoms with van der Waals surface area (Å²) in [5, 5.41) is 0. The summed E-state index contributed by atoms with van der Waals surface area (Å²) >= 11 is 0. The Kier molecular flexibility index (Phi) is 2.30. The Bertz CT molecular complexity index is 133. The van der Waals surface area contributed by atoms with Gasteiger partial charge in [0.1, 0.15) is 0 Å². The highest BCUT2D eigenvalue weighted by Crippen LogP contribution is 2.15. The number of piperidine rings is 1. The van der Waals surface area contributed by atoms with E-state index in [0.29, 0.717) is 6.04 Å². The van der Waals surface area contributed by atoms with Crippen LogP contribution in [0.3, 0.4) is 0 Å². The molecule has 1 aliphatic rings. The SMILES string of the molecule is CC(=O)N1CCCCC1C. The second-order valence-corrected chi connectivity index (χ2v) is 3.06. The topological polar surface area (TPSA) is 20.3 Å². The summed E-state index contributed by atoms with van der Waals surface area (Å²) in [6, 6.07) is 0.478. The van der Waals surface area contributed by atoms with Crippen LogP contribution in [0, 0.1) is 0 Å². The van der Waals surface area contributed by atoms with E-state index in [1.807, 2.05) is 4.90 Å². The molecule has 0 N–H and O–H groups in total. The van der Waals surface area contributed by atoms with E-state index < -0.39 is 0 Å². The molecule has 0 spiro atoms. The maximum Gasteiger partial charge on any atom is 0.219 e. The van der Waals surface area contributed by atoms with Gasteiger partial charge in [0.05, 0.1) is 0 Å². The molecule has 2 nitrogen and oxygen atoms in total. The van der Waals surface area contributed by atoms with Crippen LogP contribution in [0.2, 0.25) is 0 Å². The zero-order valence-electron chi connectivity index (χ0n) is 6.76. The van der Waals surface area contributed by atoms with E-state index in [4.69, 9.17) is 0 Å². The van der Waals surface area contributed by atoms with Crippen LogP contribution in [-0.4, -0.2) is 23.4 Å². The first-order chi connectivity index (χ1) is 4.72. The average Bonchev–Trinajstić information content (AvgIpc) is 1.88. The third-order valence-corrected chi connectivity index (χ3v) is 2.21. The third kappa shape index (κ3) is 1.49. The van der Waals surface area contributed by atoms with Gasteiger partial charge in [-0.25, -0.2) is 0 Å². The fourth-order valence-corrected chi connectivity index (χ4v) is 1.57. The fourth-order valence-electron chi connectivity index (χ4n) is 1.57. The van der Waals surface area contributed by atoms with Crippen molar-refractivity contribution in [3.63, 3.8) is 0 Å². The van der Waals surface area contributed by atoms with Crippen molar-refractivity contribution >= 4 is 5.91 Å². The van der Waals surface area contributed by atoms with Gasteiger partial charge in [-0.3, -0.25) is 4.79 Å². The van der Waals surface area contributed by atoms with Crippen molar-refractivity contribution in [2.45, 2.75) is 39.2 Å². The summed E-state index contributed by atoms with van der Waals surface area (Å²) in [4.78, 5) is 12.9. The fraction of sp³-hybridized carbons (Fsp3) is 0.875. The maximum absolute atomic E-state index is 10.9. The second kappa shape index (κ2) is 3.04. The van der Waals surface area contributed by atoms with E-state index >= 15 is 0 Å². The Morgan fingerprint density at radius 2 is 2.20 bits per heavy atom. The van der Waals surface area contributed by atoms with Crippen LogP contribution in [-0.2, 0) is 4.79 Å². The molecule has 0 aromatic carbocycles. The molecule has 1 aliphatic heterocycles. The molecule has 0 aliphatic carbocycles. The Morgan fingerprint density at radius 1 is 1.50 bits per heavy atom. The first kappa shape index (κ1) is 7.58. The monoisotopic (exact) mass is 141 g/mol. The van der Waals surface area contributed by atoms with Crippen molar-refractivity contribution in [2.75, 3.05) is 6.54 Å². The molecule has 0 aromatic heterocycles. The molecule has 1 rings (SSSR count). The van der Waals surface area contributed by atoms with Gasteiger partial charge >= 0.3 is 0 Å². The lowest BCUT2D eigenvalue weighted by molar-refractivity contribution is -0.131. The Morgan fingerprint density at radius 3 is 2.60 bits per heavy atom. The second-order valence-electron chi connectivity index (χ2n) is 3.06. The summed E-state index contributed by atoms with van der Waals surface area (Å²) < 4.78 is 0. The molecule has 1 heterocycles. The van der Waals surface area contributed by atoms with E-state index in [9.17, 15) is 4.79 Å². The lowest BCUT2D eigenvalue weighted by Gasteiger charge is -2.32. The van der Waals surface area contributed by atoms with Gasteiger partial charge in [0.2, 0.25) is 5.91 Å². The summed E-state index contributed by atoms with van der Waals surface area (Å²) in [5.41, 5.74) is 0. The summed E-state index contributed by atoms with van der Waals surface area (Å²) in [5.74, 6) is 0.229. The molecule has 2 heteroatoms. The highest BCUT2D eigenvalue weighted by Gasteiger charge is 2.19. The Hall–Kier alpha value is -0.530. The van der Waals surface area contributed by atoms with E-state index in [2.05, 4.69) is 6.92 Å². The van der Waals surface area contributed by atoms with Crippen LogP contribution < -0.4 is 0 Å². The molecule has 10 heavy (non-hydrogen) atoms. The minimum absolute atomic E-state index is 0.229. The van der Waals surface area contributed by atoms with Crippen LogP contribution in [0.1, 0.15) is 33.1 Å².